The molecule has 0 aliphatic carbocycles. The van der Waals surface area contributed by atoms with E-state index in [9.17, 15) is 17.6 Å². The zero-order valence-corrected chi connectivity index (χ0v) is 10.9. The molecule has 0 unspecified atom stereocenters. The maximum atomic E-state index is 13.2. The fourth-order valence-corrected chi connectivity index (χ4v) is 2.68. The number of rotatable bonds is 4. The summed E-state index contributed by atoms with van der Waals surface area (Å²) in [5, 5.41) is 8.97. The zero-order valence-electron chi connectivity index (χ0n) is 10.1. The summed E-state index contributed by atoms with van der Waals surface area (Å²) in [6.07, 6.45) is 0. The van der Waals surface area contributed by atoms with Crippen LogP contribution < -0.4 is 4.72 Å². The first-order valence-corrected chi connectivity index (χ1v) is 6.99. The molecule has 0 fully saturated rings. The van der Waals surface area contributed by atoms with Gasteiger partial charge < -0.3 is 5.11 Å². The van der Waals surface area contributed by atoms with Gasteiger partial charge in [0, 0.05) is 0 Å². The van der Waals surface area contributed by atoms with Gasteiger partial charge in [-0.2, -0.15) is 0 Å². The Morgan fingerprint density at radius 1 is 1.10 bits per heavy atom. The van der Waals surface area contributed by atoms with E-state index in [4.69, 9.17) is 5.11 Å². The van der Waals surface area contributed by atoms with Crippen molar-refractivity contribution in [3.8, 4) is 0 Å². The summed E-state index contributed by atoms with van der Waals surface area (Å²) in [5.74, 6) is -2.09. The van der Waals surface area contributed by atoms with Crippen molar-refractivity contribution in [2.75, 3.05) is 4.72 Å². The van der Waals surface area contributed by atoms with Crippen molar-refractivity contribution in [3.63, 3.8) is 0 Å². The first kappa shape index (κ1) is 14.0. The molecule has 2 N–H and O–H groups in total. The first-order valence-electron chi connectivity index (χ1n) is 5.51. The van der Waals surface area contributed by atoms with Gasteiger partial charge >= 0.3 is 5.97 Å². The van der Waals surface area contributed by atoms with Crippen LogP contribution in [0.5, 0.6) is 0 Å². The normalized spacial score (nSPS) is 11.1. The van der Waals surface area contributed by atoms with Gasteiger partial charge in [-0.25, -0.2) is 17.6 Å². The van der Waals surface area contributed by atoms with Gasteiger partial charge in [0.05, 0.1) is 16.1 Å². The Hall–Kier alpha value is -2.41. The van der Waals surface area contributed by atoms with Crippen LogP contribution in [0.3, 0.4) is 0 Å². The second-order valence-corrected chi connectivity index (χ2v) is 5.60. The van der Waals surface area contributed by atoms with E-state index in [0.717, 1.165) is 18.2 Å². The molecule has 7 heteroatoms. The number of carboxylic acid groups (broad SMARTS) is 1. The summed E-state index contributed by atoms with van der Waals surface area (Å²) in [7, 11) is -3.97. The molecule has 0 saturated carbocycles. The third-order valence-corrected chi connectivity index (χ3v) is 3.89. The second kappa shape index (κ2) is 5.30. The molecule has 0 aromatic heterocycles. The number of hydrogen-bond acceptors (Lipinski definition) is 3. The summed E-state index contributed by atoms with van der Waals surface area (Å²) in [4.78, 5) is 11.0. The molecule has 20 heavy (non-hydrogen) atoms. The summed E-state index contributed by atoms with van der Waals surface area (Å²) in [6.45, 7) is 0. The van der Waals surface area contributed by atoms with E-state index in [2.05, 4.69) is 4.72 Å². The average molecular weight is 295 g/mol. The third-order valence-electron chi connectivity index (χ3n) is 2.51. The largest absolute Gasteiger partial charge is 0.478 e. The van der Waals surface area contributed by atoms with Crippen LogP contribution in [0.25, 0.3) is 0 Å². The number of anilines is 1. The standard InChI is InChI=1S/C13H10FNO4S/c14-9-6-7-11(13(16)17)12(8-9)15-20(18,19)10-4-2-1-3-5-10/h1-8,15H,(H,16,17). The van der Waals surface area contributed by atoms with Gasteiger partial charge in [-0.1, -0.05) is 18.2 Å². The predicted molar refractivity (Wildman–Crippen MR) is 70.6 cm³/mol. The summed E-state index contributed by atoms with van der Waals surface area (Å²) in [5.41, 5.74) is -0.646. The smallest absolute Gasteiger partial charge is 0.337 e. The SMILES string of the molecule is O=C(O)c1ccc(F)cc1NS(=O)(=O)c1ccccc1. The number of hydrogen-bond donors (Lipinski definition) is 2. The van der Waals surface area contributed by atoms with Gasteiger partial charge in [-0.05, 0) is 30.3 Å². The molecule has 2 aromatic carbocycles. The van der Waals surface area contributed by atoms with Crippen LogP contribution in [0, 0.1) is 5.82 Å². The summed E-state index contributed by atoms with van der Waals surface area (Å²) in [6, 6.07) is 10.2. The van der Waals surface area contributed by atoms with Crippen LogP contribution in [0.4, 0.5) is 10.1 Å². The minimum absolute atomic E-state index is 0.0411. The molecule has 2 rings (SSSR count). The highest BCUT2D eigenvalue weighted by Gasteiger charge is 2.18. The fourth-order valence-electron chi connectivity index (χ4n) is 1.59. The molecule has 0 amide bonds. The molecular weight excluding hydrogens is 285 g/mol. The van der Waals surface area contributed by atoms with Crippen molar-refractivity contribution in [1.29, 1.82) is 0 Å². The molecule has 0 radical (unpaired) electrons. The Bertz CT molecular complexity index is 744. The van der Waals surface area contributed by atoms with Crippen LogP contribution in [0.15, 0.2) is 53.4 Å². The zero-order chi connectivity index (χ0) is 14.8. The minimum atomic E-state index is -3.97. The van der Waals surface area contributed by atoms with Gasteiger partial charge in [-0.15, -0.1) is 0 Å². The quantitative estimate of drug-likeness (QED) is 0.906. The Morgan fingerprint density at radius 3 is 2.35 bits per heavy atom. The molecule has 0 saturated heterocycles. The minimum Gasteiger partial charge on any atom is -0.478 e. The van der Waals surface area contributed by atoms with Crippen molar-refractivity contribution in [1.82, 2.24) is 0 Å². The monoisotopic (exact) mass is 295 g/mol. The summed E-state index contributed by atoms with van der Waals surface area (Å²) < 4.78 is 39.4. The van der Waals surface area contributed by atoms with Gasteiger partial charge in [0.15, 0.2) is 0 Å². The molecule has 0 heterocycles. The molecule has 5 nitrogen and oxygen atoms in total. The van der Waals surface area contributed by atoms with Crippen LogP contribution in [-0.2, 0) is 10.0 Å². The molecule has 0 aliphatic rings. The van der Waals surface area contributed by atoms with Crippen molar-refractivity contribution in [3.05, 3.63) is 59.9 Å². The maximum absolute atomic E-state index is 13.2. The van der Waals surface area contributed by atoms with Crippen molar-refractivity contribution < 1.29 is 22.7 Å². The predicted octanol–water partition coefficient (Wildman–Crippen LogP) is 2.32. The molecular formula is C13H10FNO4S. The van der Waals surface area contributed by atoms with E-state index < -0.39 is 21.8 Å². The fraction of sp³-hybridized carbons (Fsp3) is 0. The topological polar surface area (TPSA) is 83.5 Å². The number of benzene rings is 2. The Labute approximate surface area is 114 Å². The van der Waals surface area contributed by atoms with E-state index >= 15 is 0 Å². The molecule has 104 valence electrons. The van der Waals surface area contributed by atoms with Gasteiger partial charge in [0.2, 0.25) is 0 Å². The second-order valence-electron chi connectivity index (χ2n) is 3.91. The lowest BCUT2D eigenvalue weighted by Crippen LogP contribution is -2.15. The Balaban J connectivity index is 2.44. The Kier molecular flexibility index (Phi) is 3.71. The lowest BCUT2D eigenvalue weighted by molar-refractivity contribution is 0.0698. The molecule has 0 atom stereocenters. The lowest BCUT2D eigenvalue weighted by Gasteiger charge is -2.10. The van der Waals surface area contributed by atoms with E-state index in [1.807, 2.05) is 0 Å². The van der Waals surface area contributed by atoms with E-state index in [1.165, 1.54) is 24.3 Å². The van der Waals surface area contributed by atoms with E-state index in [-0.39, 0.29) is 16.1 Å². The number of carboxylic acids is 1. The van der Waals surface area contributed by atoms with Crippen molar-refractivity contribution in [2.24, 2.45) is 0 Å². The van der Waals surface area contributed by atoms with Gasteiger partial charge in [0.25, 0.3) is 10.0 Å². The van der Waals surface area contributed by atoms with Crippen LogP contribution >= 0.6 is 0 Å². The molecule has 0 spiro atoms. The number of carbonyl (C=O) groups is 1. The third kappa shape index (κ3) is 2.94. The Morgan fingerprint density at radius 2 is 1.75 bits per heavy atom. The highest BCUT2D eigenvalue weighted by molar-refractivity contribution is 7.92. The maximum Gasteiger partial charge on any atom is 0.337 e. The first-order chi connectivity index (χ1) is 9.40. The molecule has 0 aliphatic heterocycles. The number of halogens is 1. The van der Waals surface area contributed by atoms with Crippen LogP contribution in [0.1, 0.15) is 10.4 Å². The average Bonchev–Trinajstić information content (AvgIpc) is 2.39. The number of nitrogens with one attached hydrogen (secondary N) is 1. The number of sulfonamides is 1. The van der Waals surface area contributed by atoms with Crippen molar-refractivity contribution in [2.45, 2.75) is 4.90 Å². The lowest BCUT2D eigenvalue weighted by atomic mass is 10.2. The summed E-state index contributed by atoms with van der Waals surface area (Å²) >= 11 is 0. The number of aromatic carboxylic acids is 1. The van der Waals surface area contributed by atoms with Gasteiger partial charge in [-0.3, -0.25) is 4.72 Å². The van der Waals surface area contributed by atoms with E-state index in [1.54, 1.807) is 6.07 Å². The molecule has 0 bridgehead atoms. The molecule has 2 aromatic rings. The highest BCUT2D eigenvalue weighted by Crippen LogP contribution is 2.21. The van der Waals surface area contributed by atoms with Crippen LogP contribution in [-0.4, -0.2) is 19.5 Å². The van der Waals surface area contributed by atoms with Gasteiger partial charge in [0.1, 0.15) is 5.82 Å². The van der Waals surface area contributed by atoms with E-state index in [0.29, 0.717) is 0 Å². The van der Waals surface area contributed by atoms with Crippen LogP contribution in [0.2, 0.25) is 0 Å². The highest BCUT2D eigenvalue weighted by atomic mass is 32.2. The van der Waals surface area contributed by atoms with Crippen molar-refractivity contribution >= 4 is 21.7 Å².